The molecule has 0 saturated carbocycles. The molecular formula is C20H30FN3O4. The van der Waals surface area contributed by atoms with Gasteiger partial charge in [0.2, 0.25) is 5.91 Å². The van der Waals surface area contributed by atoms with Crippen LogP contribution in [0.3, 0.4) is 0 Å². The van der Waals surface area contributed by atoms with Crippen LogP contribution in [0.25, 0.3) is 0 Å². The molecule has 1 unspecified atom stereocenters. The summed E-state index contributed by atoms with van der Waals surface area (Å²) in [6, 6.07) is 3.84. The van der Waals surface area contributed by atoms with E-state index in [0.29, 0.717) is 24.1 Å². The van der Waals surface area contributed by atoms with Crippen molar-refractivity contribution in [3.05, 3.63) is 40.1 Å². The number of carbonyl (C=O) groups is 2. The van der Waals surface area contributed by atoms with Gasteiger partial charge in [0.25, 0.3) is 0 Å². The number of nitroso groups, excluding NO2 is 1. The van der Waals surface area contributed by atoms with Gasteiger partial charge in [-0.2, -0.15) is 4.91 Å². The minimum absolute atomic E-state index is 0.000270. The second kappa shape index (κ2) is 10.7. The van der Waals surface area contributed by atoms with Crippen LogP contribution in [0.1, 0.15) is 58.2 Å². The third-order valence-electron chi connectivity index (χ3n) is 4.12. The smallest absolute Gasteiger partial charge is 0.408 e. The number of likely N-dealkylation sites (N-methyl/N-ethyl adjacent to an activating group) is 1. The maximum atomic E-state index is 13.9. The Morgan fingerprint density at radius 3 is 2.50 bits per heavy atom. The average Bonchev–Trinajstić information content (AvgIpc) is 2.60. The molecule has 1 aromatic rings. The molecule has 156 valence electrons. The van der Waals surface area contributed by atoms with Gasteiger partial charge in [-0.3, -0.25) is 4.79 Å². The van der Waals surface area contributed by atoms with Crippen molar-refractivity contribution in [2.75, 3.05) is 19.6 Å². The summed E-state index contributed by atoms with van der Waals surface area (Å²) in [4.78, 5) is 36.8. The topological polar surface area (TPSA) is 88.1 Å². The van der Waals surface area contributed by atoms with E-state index in [1.54, 1.807) is 39.8 Å². The second-order valence-corrected chi connectivity index (χ2v) is 7.43. The van der Waals surface area contributed by atoms with Crippen molar-refractivity contribution in [1.29, 1.82) is 0 Å². The summed E-state index contributed by atoms with van der Waals surface area (Å²) in [6.07, 6.45) is -0.218. The van der Waals surface area contributed by atoms with Crippen molar-refractivity contribution in [2.24, 2.45) is 5.18 Å². The Morgan fingerprint density at radius 2 is 1.96 bits per heavy atom. The Bertz CT molecular complexity index is 689. The molecule has 2 amide bonds. The van der Waals surface area contributed by atoms with Crippen molar-refractivity contribution in [3.8, 4) is 0 Å². The number of alkyl carbamates (subject to hydrolysis) is 1. The van der Waals surface area contributed by atoms with Gasteiger partial charge in [-0.05, 0) is 51.3 Å². The van der Waals surface area contributed by atoms with E-state index in [9.17, 15) is 18.9 Å². The van der Waals surface area contributed by atoms with E-state index in [2.05, 4.69) is 10.5 Å². The fourth-order valence-corrected chi connectivity index (χ4v) is 2.71. The molecule has 1 rings (SSSR count). The summed E-state index contributed by atoms with van der Waals surface area (Å²) in [5.74, 6) is -0.574. The van der Waals surface area contributed by atoms with E-state index in [1.807, 2.05) is 6.92 Å². The monoisotopic (exact) mass is 395 g/mol. The zero-order valence-electron chi connectivity index (χ0n) is 17.3. The zero-order valence-corrected chi connectivity index (χ0v) is 17.3. The SMILES string of the molecule is CCc1cc(C(CC(=O)N(CC)CCN=O)NC(=O)OC(C)(C)C)ccc1F. The minimum atomic E-state index is -0.693. The van der Waals surface area contributed by atoms with Gasteiger partial charge in [0.1, 0.15) is 11.4 Å². The predicted molar refractivity (Wildman–Crippen MR) is 105 cm³/mol. The highest BCUT2D eigenvalue weighted by molar-refractivity contribution is 5.78. The van der Waals surface area contributed by atoms with Gasteiger partial charge in [-0.1, -0.05) is 24.2 Å². The molecule has 0 bridgehead atoms. The number of hydrogen-bond acceptors (Lipinski definition) is 5. The lowest BCUT2D eigenvalue weighted by Crippen LogP contribution is -2.39. The Labute approximate surface area is 165 Å². The Hall–Kier alpha value is -2.51. The lowest BCUT2D eigenvalue weighted by Gasteiger charge is -2.26. The van der Waals surface area contributed by atoms with Crippen LogP contribution >= 0.6 is 0 Å². The first-order valence-electron chi connectivity index (χ1n) is 9.46. The lowest BCUT2D eigenvalue weighted by molar-refractivity contribution is -0.131. The van der Waals surface area contributed by atoms with Crippen LogP contribution in [0.2, 0.25) is 0 Å². The number of rotatable bonds is 9. The van der Waals surface area contributed by atoms with Crippen LogP contribution in [0.5, 0.6) is 0 Å². The number of halogens is 1. The van der Waals surface area contributed by atoms with Gasteiger partial charge in [-0.15, -0.1) is 0 Å². The van der Waals surface area contributed by atoms with E-state index >= 15 is 0 Å². The second-order valence-electron chi connectivity index (χ2n) is 7.43. The quantitative estimate of drug-likeness (QED) is 0.641. The van der Waals surface area contributed by atoms with Crippen LogP contribution in [-0.2, 0) is 16.0 Å². The highest BCUT2D eigenvalue weighted by atomic mass is 19.1. The number of benzene rings is 1. The molecule has 1 N–H and O–H groups in total. The number of hydrogen-bond donors (Lipinski definition) is 1. The summed E-state index contributed by atoms with van der Waals surface area (Å²) >= 11 is 0. The van der Waals surface area contributed by atoms with Crippen molar-refractivity contribution < 1.29 is 18.7 Å². The number of amides is 2. The molecule has 0 aliphatic carbocycles. The standard InChI is InChI=1S/C20H30FN3O4/c1-6-14-12-15(8-9-16(14)21)17(23-19(26)28-20(3,4)5)13-18(25)24(7-2)11-10-22-27/h8-9,12,17H,6-7,10-11,13H2,1-5H3,(H,23,26). The zero-order chi connectivity index (χ0) is 21.3. The largest absolute Gasteiger partial charge is 0.444 e. The lowest BCUT2D eigenvalue weighted by atomic mass is 9.99. The summed E-state index contributed by atoms with van der Waals surface area (Å²) < 4.78 is 19.2. The molecule has 1 atom stereocenters. The first kappa shape index (κ1) is 23.5. The molecule has 28 heavy (non-hydrogen) atoms. The van der Waals surface area contributed by atoms with Gasteiger partial charge >= 0.3 is 6.09 Å². The van der Waals surface area contributed by atoms with Crippen LogP contribution in [0.4, 0.5) is 9.18 Å². The Kier molecular flexibility index (Phi) is 9.02. The Morgan fingerprint density at radius 1 is 1.29 bits per heavy atom. The summed E-state index contributed by atoms with van der Waals surface area (Å²) in [7, 11) is 0. The van der Waals surface area contributed by atoms with Crippen LogP contribution in [-0.4, -0.2) is 42.1 Å². The number of nitrogens with one attached hydrogen (secondary N) is 1. The molecule has 1 aromatic carbocycles. The molecule has 8 heteroatoms. The van der Waals surface area contributed by atoms with Crippen molar-refractivity contribution in [1.82, 2.24) is 10.2 Å². The van der Waals surface area contributed by atoms with E-state index in [1.165, 1.54) is 11.0 Å². The van der Waals surface area contributed by atoms with Crippen molar-refractivity contribution >= 4 is 12.0 Å². The number of carbonyl (C=O) groups excluding carboxylic acids is 2. The molecule has 0 fully saturated rings. The van der Waals surface area contributed by atoms with Gasteiger partial charge in [-0.25, -0.2) is 9.18 Å². The van der Waals surface area contributed by atoms with Crippen LogP contribution in [0, 0.1) is 10.7 Å². The summed E-state index contributed by atoms with van der Waals surface area (Å²) in [5.41, 5.74) is 0.418. The van der Waals surface area contributed by atoms with Gasteiger partial charge in [0.15, 0.2) is 0 Å². The van der Waals surface area contributed by atoms with Gasteiger partial charge < -0.3 is 15.0 Å². The third kappa shape index (κ3) is 7.62. The molecular weight excluding hydrogens is 365 g/mol. The molecule has 0 spiro atoms. The van der Waals surface area contributed by atoms with E-state index in [0.717, 1.165) is 0 Å². The van der Waals surface area contributed by atoms with Crippen LogP contribution in [0.15, 0.2) is 23.4 Å². The minimum Gasteiger partial charge on any atom is -0.444 e. The van der Waals surface area contributed by atoms with Crippen molar-refractivity contribution in [3.63, 3.8) is 0 Å². The predicted octanol–water partition coefficient (Wildman–Crippen LogP) is 3.96. The van der Waals surface area contributed by atoms with E-state index < -0.39 is 17.7 Å². The average molecular weight is 395 g/mol. The first-order valence-corrected chi connectivity index (χ1v) is 9.46. The van der Waals surface area contributed by atoms with Gasteiger partial charge in [0.05, 0.1) is 19.0 Å². The first-order chi connectivity index (χ1) is 13.1. The maximum Gasteiger partial charge on any atom is 0.408 e. The number of aryl methyl sites for hydroxylation is 1. The summed E-state index contributed by atoms with van der Waals surface area (Å²) in [5, 5.41) is 5.50. The molecule has 7 nitrogen and oxygen atoms in total. The molecule has 0 aliphatic rings. The van der Waals surface area contributed by atoms with Crippen LogP contribution < -0.4 is 5.32 Å². The highest BCUT2D eigenvalue weighted by Gasteiger charge is 2.25. The number of ether oxygens (including phenoxy) is 1. The molecule has 0 aromatic heterocycles. The molecule has 0 heterocycles. The normalized spacial score (nSPS) is 12.2. The molecule has 0 radical (unpaired) electrons. The van der Waals surface area contributed by atoms with Gasteiger partial charge in [0, 0.05) is 13.1 Å². The maximum absolute atomic E-state index is 13.9. The fourth-order valence-electron chi connectivity index (χ4n) is 2.71. The van der Waals surface area contributed by atoms with E-state index in [4.69, 9.17) is 4.74 Å². The highest BCUT2D eigenvalue weighted by Crippen LogP contribution is 2.22. The molecule has 0 saturated heterocycles. The number of nitrogens with zero attached hydrogens (tertiary/aromatic N) is 2. The van der Waals surface area contributed by atoms with Crippen molar-refractivity contribution in [2.45, 2.75) is 59.1 Å². The van der Waals surface area contributed by atoms with E-state index in [-0.39, 0.29) is 31.2 Å². The fraction of sp³-hybridized carbons (Fsp3) is 0.600. The summed E-state index contributed by atoms with van der Waals surface area (Å²) in [6.45, 7) is 9.47. The Balaban J connectivity index is 3.08. The third-order valence-corrected chi connectivity index (χ3v) is 4.12. The molecule has 0 aliphatic heterocycles.